The summed E-state index contributed by atoms with van der Waals surface area (Å²) in [6, 6.07) is 16.1. The molecule has 0 aliphatic carbocycles. The summed E-state index contributed by atoms with van der Waals surface area (Å²) in [5.74, 6) is -0.384. The minimum atomic E-state index is -0.219. The maximum absolute atomic E-state index is 12.2. The smallest absolute Gasteiger partial charge is 0.251 e. The van der Waals surface area contributed by atoms with E-state index in [4.69, 9.17) is 0 Å². The van der Waals surface area contributed by atoms with E-state index in [1.165, 1.54) is 11.1 Å². The van der Waals surface area contributed by atoms with Crippen molar-refractivity contribution in [3.05, 3.63) is 70.8 Å². The maximum atomic E-state index is 12.2. The third kappa shape index (κ3) is 4.95. The Balaban J connectivity index is 1.43. The van der Waals surface area contributed by atoms with Crippen molar-refractivity contribution in [1.29, 1.82) is 0 Å². The Morgan fingerprint density at radius 1 is 1.04 bits per heavy atom. The number of benzene rings is 2. The topological polar surface area (TPSA) is 61.4 Å². The molecule has 142 valence electrons. The first-order chi connectivity index (χ1) is 13.0. The van der Waals surface area contributed by atoms with Crippen LogP contribution in [0.2, 0.25) is 0 Å². The zero-order valence-corrected chi connectivity index (χ0v) is 16.0. The molecule has 1 heterocycles. The summed E-state index contributed by atoms with van der Waals surface area (Å²) in [4.78, 5) is 26.7. The van der Waals surface area contributed by atoms with Crippen LogP contribution in [0.1, 0.15) is 34.0 Å². The number of nitrogens with zero attached hydrogens (tertiary/aromatic N) is 1. The summed E-state index contributed by atoms with van der Waals surface area (Å²) in [7, 11) is 0. The molecule has 0 spiro atoms. The van der Waals surface area contributed by atoms with Crippen LogP contribution in [0.5, 0.6) is 0 Å². The highest BCUT2D eigenvalue weighted by Gasteiger charge is 2.20. The molecule has 27 heavy (non-hydrogen) atoms. The first-order valence-electron chi connectivity index (χ1n) is 9.46. The van der Waals surface area contributed by atoms with Crippen LogP contribution in [-0.4, -0.2) is 42.4 Å². The largest absolute Gasteiger partial charge is 0.353 e. The van der Waals surface area contributed by atoms with Crippen molar-refractivity contribution >= 4 is 11.8 Å². The summed E-state index contributed by atoms with van der Waals surface area (Å²) in [5, 5.41) is 5.62. The second-order valence-corrected chi connectivity index (χ2v) is 7.14. The number of fused-ring (bicyclic) bond motifs is 1. The van der Waals surface area contributed by atoms with E-state index in [1.54, 1.807) is 6.07 Å². The molecular weight excluding hydrogens is 338 g/mol. The van der Waals surface area contributed by atoms with Crippen molar-refractivity contribution in [2.24, 2.45) is 0 Å². The fraction of sp³-hybridized carbons (Fsp3) is 0.364. The van der Waals surface area contributed by atoms with Crippen molar-refractivity contribution in [3.8, 4) is 0 Å². The number of hydrogen-bond donors (Lipinski definition) is 2. The number of nitrogens with one attached hydrogen (secondary N) is 2. The van der Waals surface area contributed by atoms with Gasteiger partial charge in [-0.25, -0.2) is 0 Å². The molecule has 0 aromatic heterocycles. The molecule has 0 radical (unpaired) electrons. The lowest BCUT2D eigenvalue weighted by atomic mass is 9.99. The van der Waals surface area contributed by atoms with Crippen LogP contribution in [0.15, 0.2) is 48.5 Å². The Bertz CT molecular complexity index is 819. The number of aryl methyl sites for hydroxylation is 1. The van der Waals surface area contributed by atoms with E-state index in [9.17, 15) is 9.59 Å². The van der Waals surface area contributed by atoms with Crippen LogP contribution in [0.4, 0.5) is 0 Å². The molecule has 1 atom stereocenters. The molecule has 2 aromatic carbocycles. The number of carbonyl (C=O) groups is 2. The van der Waals surface area contributed by atoms with Gasteiger partial charge in [-0.1, -0.05) is 42.5 Å². The lowest BCUT2D eigenvalue weighted by molar-refractivity contribution is -0.120. The first-order valence-corrected chi connectivity index (χ1v) is 9.46. The molecule has 2 aromatic rings. The molecule has 5 heteroatoms. The number of hydrogen-bond acceptors (Lipinski definition) is 3. The fourth-order valence-corrected chi connectivity index (χ4v) is 3.43. The highest BCUT2D eigenvalue weighted by atomic mass is 16.2. The summed E-state index contributed by atoms with van der Waals surface area (Å²) >= 11 is 0. The van der Waals surface area contributed by atoms with Gasteiger partial charge in [-0.15, -0.1) is 0 Å². The number of rotatable bonds is 6. The van der Waals surface area contributed by atoms with Gasteiger partial charge in [0, 0.05) is 31.2 Å². The average Bonchev–Trinajstić information content (AvgIpc) is 2.70. The van der Waals surface area contributed by atoms with Gasteiger partial charge in [0.05, 0.1) is 6.54 Å². The predicted molar refractivity (Wildman–Crippen MR) is 107 cm³/mol. The SMILES string of the molecule is Cc1ccccc1C(=O)NCC(=O)NCC(C)N1CCc2ccccc2C1. The van der Waals surface area contributed by atoms with Gasteiger partial charge in [0.1, 0.15) is 0 Å². The summed E-state index contributed by atoms with van der Waals surface area (Å²) in [6.07, 6.45) is 1.04. The van der Waals surface area contributed by atoms with Crippen molar-refractivity contribution in [2.45, 2.75) is 32.9 Å². The fourth-order valence-electron chi connectivity index (χ4n) is 3.43. The third-order valence-corrected chi connectivity index (χ3v) is 5.18. The van der Waals surface area contributed by atoms with Gasteiger partial charge in [0.25, 0.3) is 5.91 Å². The van der Waals surface area contributed by atoms with Crippen molar-refractivity contribution in [3.63, 3.8) is 0 Å². The predicted octanol–water partition coefficient (Wildman–Crippen LogP) is 2.29. The van der Waals surface area contributed by atoms with E-state index >= 15 is 0 Å². The Morgan fingerprint density at radius 2 is 1.74 bits per heavy atom. The lowest BCUT2D eigenvalue weighted by Crippen LogP contribution is -2.46. The van der Waals surface area contributed by atoms with Gasteiger partial charge in [-0.05, 0) is 43.0 Å². The molecular formula is C22H27N3O2. The quantitative estimate of drug-likeness (QED) is 0.826. The van der Waals surface area contributed by atoms with Crippen LogP contribution >= 0.6 is 0 Å². The number of carbonyl (C=O) groups excluding carboxylic acids is 2. The molecule has 1 aliphatic rings. The van der Waals surface area contributed by atoms with Gasteiger partial charge in [-0.2, -0.15) is 0 Å². The maximum Gasteiger partial charge on any atom is 0.251 e. The van der Waals surface area contributed by atoms with Gasteiger partial charge in [0.15, 0.2) is 0 Å². The van der Waals surface area contributed by atoms with E-state index in [0.717, 1.165) is 25.1 Å². The standard InChI is InChI=1S/C22H27N3O2/c1-16-7-3-6-10-20(16)22(27)24-14-21(26)23-13-17(2)25-12-11-18-8-4-5-9-19(18)15-25/h3-10,17H,11-15H2,1-2H3,(H,23,26)(H,24,27). The van der Waals surface area contributed by atoms with E-state index in [-0.39, 0.29) is 24.4 Å². The summed E-state index contributed by atoms with van der Waals surface area (Å²) in [6.45, 7) is 6.48. The van der Waals surface area contributed by atoms with Gasteiger partial charge < -0.3 is 10.6 Å². The van der Waals surface area contributed by atoms with Crippen LogP contribution in [0, 0.1) is 6.92 Å². The molecule has 0 bridgehead atoms. The first kappa shape index (κ1) is 19.1. The Labute approximate surface area is 160 Å². The lowest BCUT2D eigenvalue weighted by Gasteiger charge is -2.33. The highest BCUT2D eigenvalue weighted by Crippen LogP contribution is 2.19. The van der Waals surface area contributed by atoms with E-state index in [1.807, 2.05) is 25.1 Å². The van der Waals surface area contributed by atoms with Crippen LogP contribution < -0.4 is 10.6 Å². The van der Waals surface area contributed by atoms with Gasteiger partial charge in [-0.3, -0.25) is 14.5 Å². The van der Waals surface area contributed by atoms with Crippen molar-refractivity contribution in [1.82, 2.24) is 15.5 Å². The van der Waals surface area contributed by atoms with Crippen LogP contribution in [-0.2, 0) is 17.8 Å². The van der Waals surface area contributed by atoms with E-state index in [2.05, 4.69) is 46.7 Å². The average molecular weight is 365 g/mol. The summed E-state index contributed by atoms with van der Waals surface area (Å²) in [5.41, 5.74) is 4.29. The second-order valence-electron chi connectivity index (χ2n) is 7.14. The van der Waals surface area contributed by atoms with E-state index in [0.29, 0.717) is 12.1 Å². The normalized spacial score (nSPS) is 14.9. The Morgan fingerprint density at radius 3 is 2.52 bits per heavy atom. The highest BCUT2D eigenvalue weighted by molar-refractivity contribution is 5.97. The van der Waals surface area contributed by atoms with Crippen molar-refractivity contribution < 1.29 is 9.59 Å². The zero-order valence-electron chi connectivity index (χ0n) is 16.0. The molecule has 1 unspecified atom stereocenters. The molecule has 2 N–H and O–H groups in total. The Kier molecular flexibility index (Phi) is 6.24. The van der Waals surface area contributed by atoms with Crippen LogP contribution in [0.25, 0.3) is 0 Å². The molecule has 0 fully saturated rings. The second kappa shape index (κ2) is 8.82. The molecule has 3 rings (SSSR count). The molecule has 2 amide bonds. The van der Waals surface area contributed by atoms with Crippen molar-refractivity contribution in [2.75, 3.05) is 19.6 Å². The monoisotopic (exact) mass is 365 g/mol. The molecule has 1 aliphatic heterocycles. The number of amides is 2. The third-order valence-electron chi connectivity index (χ3n) is 5.18. The molecule has 0 saturated heterocycles. The van der Waals surface area contributed by atoms with Crippen LogP contribution in [0.3, 0.4) is 0 Å². The summed E-state index contributed by atoms with van der Waals surface area (Å²) < 4.78 is 0. The van der Waals surface area contributed by atoms with E-state index < -0.39 is 0 Å². The van der Waals surface area contributed by atoms with Gasteiger partial charge >= 0.3 is 0 Å². The minimum absolute atomic E-state index is 0.0112. The molecule has 0 saturated carbocycles. The van der Waals surface area contributed by atoms with Gasteiger partial charge in [0.2, 0.25) is 5.91 Å². The zero-order chi connectivity index (χ0) is 19.2. The molecule has 5 nitrogen and oxygen atoms in total. The minimum Gasteiger partial charge on any atom is -0.353 e. The Hall–Kier alpha value is -2.66.